The van der Waals surface area contributed by atoms with Gasteiger partial charge in [-0.15, -0.1) is 0 Å². The zero-order chi connectivity index (χ0) is 12.4. The fraction of sp³-hybridized carbons (Fsp3) is 1.00. The van der Waals surface area contributed by atoms with Crippen LogP contribution in [-0.2, 0) is 14.8 Å². The van der Waals surface area contributed by atoms with Crippen molar-refractivity contribution in [3.8, 4) is 0 Å². The molecule has 0 aromatic heterocycles. The first kappa shape index (κ1) is 13.3. The minimum absolute atomic E-state index is 0.160. The van der Waals surface area contributed by atoms with E-state index in [4.69, 9.17) is 10.5 Å². The largest absolute Gasteiger partial charge is 0.381 e. The number of ether oxygens (including phenoxy) is 1. The van der Waals surface area contributed by atoms with E-state index in [-0.39, 0.29) is 10.7 Å². The van der Waals surface area contributed by atoms with Gasteiger partial charge in [0.15, 0.2) is 0 Å². The predicted octanol–water partition coefficient (Wildman–Crippen LogP) is 0.214. The Labute approximate surface area is 103 Å². The highest BCUT2D eigenvalue weighted by Crippen LogP contribution is 2.47. The predicted molar refractivity (Wildman–Crippen MR) is 66.1 cm³/mol. The van der Waals surface area contributed by atoms with Crippen LogP contribution in [0.3, 0.4) is 0 Å². The number of nitrogens with two attached hydrogens (primary N) is 1. The molecule has 2 rings (SSSR count). The fourth-order valence-electron chi connectivity index (χ4n) is 2.36. The maximum Gasteiger partial charge on any atom is 0.214 e. The highest BCUT2D eigenvalue weighted by Gasteiger charge is 2.42. The van der Waals surface area contributed by atoms with Crippen LogP contribution in [0.5, 0.6) is 0 Å². The summed E-state index contributed by atoms with van der Waals surface area (Å²) in [6.07, 6.45) is 4.34. The highest BCUT2D eigenvalue weighted by molar-refractivity contribution is 7.90. The Balaban J connectivity index is 1.84. The van der Waals surface area contributed by atoms with Gasteiger partial charge in [0, 0.05) is 19.8 Å². The first-order chi connectivity index (χ1) is 8.08. The molecule has 17 heavy (non-hydrogen) atoms. The molecule has 0 amide bonds. The summed E-state index contributed by atoms with van der Waals surface area (Å²) in [7, 11) is -3.17. The minimum Gasteiger partial charge on any atom is -0.381 e. The topological polar surface area (TPSA) is 81.4 Å². The molecule has 0 radical (unpaired) electrons. The van der Waals surface area contributed by atoms with Gasteiger partial charge in [0.2, 0.25) is 10.0 Å². The Kier molecular flexibility index (Phi) is 4.07. The summed E-state index contributed by atoms with van der Waals surface area (Å²) in [5.41, 5.74) is 5.70. The molecular formula is C11H22N2O3S. The highest BCUT2D eigenvalue weighted by atomic mass is 32.2. The van der Waals surface area contributed by atoms with Crippen LogP contribution in [0.4, 0.5) is 0 Å². The average molecular weight is 262 g/mol. The van der Waals surface area contributed by atoms with Crippen LogP contribution in [0.2, 0.25) is 0 Å². The van der Waals surface area contributed by atoms with E-state index in [1.165, 1.54) is 0 Å². The quantitative estimate of drug-likeness (QED) is 0.717. The van der Waals surface area contributed by atoms with Crippen LogP contribution < -0.4 is 10.5 Å². The van der Waals surface area contributed by atoms with Gasteiger partial charge in [0.25, 0.3) is 0 Å². The summed E-state index contributed by atoms with van der Waals surface area (Å²) in [5, 5.41) is -0.273. The van der Waals surface area contributed by atoms with Crippen LogP contribution in [0, 0.1) is 5.41 Å². The second-order valence-electron chi connectivity index (χ2n) is 5.22. The Bertz CT molecular complexity index is 346. The van der Waals surface area contributed by atoms with Crippen molar-refractivity contribution < 1.29 is 13.2 Å². The molecule has 1 heterocycles. The minimum atomic E-state index is -3.17. The molecule has 1 aliphatic carbocycles. The number of hydrogen-bond acceptors (Lipinski definition) is 4. The Morgan fingerprint density at radius 3 is 2.47 bits per heavy atom. The van der Waals surface area contributed by atoms with Gasteiger partial charge in [-0.05, 0) is 44.1 Å². The average Bonchev–Trinajstić information content (AvgIpc) is 3.09. The van der Waals surface area contributed by atoms with Gasteiger partial charge < -0.3 is 10.5 Å². The van der Waals surface area contributed by atoms with E-state index in [2.05, 4.69) is 4.72 Å². The van der Waals surface area contributed by atoms with Crippen LogP contribution in [0.15, 0.2) is 0 Å². The van der Waals surface area contributed by atoms with E-state index in [0.29, 0.717) is 39.1 Å². The van der Waals surface area contributed by atoms with Gasteiger partial charge in [0.1, 0.15) is 0 Å². The van der Waals surface area contributed by atoms with E-state index >= 15 is 0 Å². The number of sulfonamides is 1. The zero-order valence-corrected chi connectivity index (χ0v) is 11.0. The standard InChI is InChI=1S/C11H22N2O3S/c12-6-5-11(3-4-11)9-13-17(14,15)10-1-7-16-8-2-10/h10,13H,1-9,12H2. The van der Waals surface area contributed by atoms with Crippen molar-refractivity contribution in [1.82, 2.24) is 4.72 Å². The molecule has 100 valence electrons. The maximum atomic E-state index is 12.1. The molecule has 1 aliphatic heterocycles. The van der Waals surface area contributed by atoms with Gasteiger partial charge >= 0.3 is 0 Å². The summed E-state index contributed by atoms with van der Waals surface area (Å²) in [5.74, 6) is 0. The van der Waals surface area contributed by atoms with Crippen molar-refractivity contribution in [2.75, 3.05) is 26.3 Å². The van der Waals surface area contributed by atoms with Crippen LogP contribution in [0.1, 0.15) is 32.1 Å². The van der Waals surface area contributed by atoms with E-state index in [9.17, 15) is 8.42 Å². The van der Waals surface area contributed by atoms with Crippen LogP contribution in [0.25, 0.3) is 0 Å². The van der Waals surface area contributed by atoms with Gasteiger partial charge in [0.05, 0.1) is 5.25 Å². The smallest absolute Gasteiger partial charge is 0.214 e. The first-order valence-electron chi connectivity index (χ1n) is 6.34. The van der Waals surface area contributed by atoms with Gasteiger partial charge in [-0.3, -0.25) is 0 Å². The Morgan fingerprint density at radius 1 is 1.29 bits per heavy atom. The lowest BCUT2D eigenvalue weighted by atomic mass is 10.0. The normalized spacial score (nSPS) is 24.8. The molecule has 2 fully saturated rings. The second-order valence-corrected chi connectivity index (χ2v) is 7.26. The number of rotatable bonds is 6. The molecule has 3 N–H and O–H groups in total. The van der Waals surface area contributed by atoms with E-state index in [1.54, 1.807) is 0 Å². The summed E-state index contributed by atoms with van der Waals surface area (Å²) in [4.78, 5) is 0. The lowest BCUT2D eigenvalue weighted by molar-refractivity contribution is 0.0981. The summed E-state index contributed by atoms with van der Waals surface area (Å²) in [6.45, 7) is 2.31. The van der Waals surface area contributed by atoms with E-state index in [1.807, 2.05) is 0 Å². The van der Waals surface area contributed by atoms with Crippen LogP contribution >= 0.6 is 0 Å². The van der Waals surface area contributed by atoms with Crippen molar-refractivity contribution in [2.45, 2.75) is 37.4 Å². The summed E-state index contributed by atoms with van der Waals surface area (Å²) in [6, 6.07) is 0. The molecule has 0 bridgehead atoms. The zero-order valence-electron chi connectivity index (χ0n) is 10.2. The van der Waals surface area contributed by atoms with Crippen molar-refractivity contribution in [3.63, 3.8) is 0 Å². The Hall–Kier alpha value is -0.170. The molecule has 0 spiro atoms. The fourth-order valence-corrected chi connectivity index (χ4v) is 3.91. The SMILES string of the molecule is NCCC1(CNS(=O)(=O)C2CCOCC2)CC1. The van der Waals surface area contributed by atoms with Crippen molar-refractivity contribution >= 4 is 10.0 Å². The third-order valence-corrected chi connectivity index (χ3v) is 5.78. The third kappa shape index (κ3) is 3.40. The van der Waals surface area contributed by atoms with Crippen molar-refractivity contribution in [3.05, 3.63) is 0 Å². The number of hydrogen-bond donors (Lipinski definition) is 2. The monoisotopic (exact) mass is 262 g/mol. The van der Waals surface area contributed by atoms with Gasteiger partial charge in [-0.25, -0.2) is 13.1 Å². The molecule has 0 aromatic carbocycles. The van der Waals surface area contributed by atoms with Crippen molar-refractivity contribution in [1.29, 1.82) is 0 Å². The summed E-state index contributed by atoms with van der Waals surface area (Å²) < 4.78 is 32.1. The van der Waals surface area contributed by atoms with Gasteiger partial charge in [-0.1, -0.05) is 0 Å². The number of nitrogens with one attached hydrogen (secondary N) is 1. The molecular weight excluding hydrogens is 240 g/mol. The van der Waals surface area contributed by atoms with Gasteiger partial charge in [-0.2, -0.15) is 0 Å². The van der Waals surface area contributed by atoms with E-state index < -0.39 is 10.0 Å². The molecule has 0 unspecified atom stereocenters. The molecule has 6 heteroatoms. The van der Waals surface area contributed by atoms with Crippen molar-refractivity contribution in [2.24, 2.45) is 11.1 Å². The summed E-state index contributed by atoms with van der Waals surface area (Å²) >= 11 is 0. The molecule has 1 saturated heterocycles. The van der Waals surface area contributed by atoms with Crippen LogP contribution in [-0.4, -0.2) is 40.0 Å². The second kappa shape index (κ2) is 5.22. The lowest BCUT2D eigenvalue weighted by Gasteiger charge is -2.24. The van der Waals surface area contributed by atoms with E-state index in [0.717, 1.165) is 19.3 Å². The maximum absolute atomic E-state index is 12.1. The first-order valence-corrected chi connectivity index (χ1v) is 7.89. The lowest BCUT2D eigenvalue weighted by Crippen LogP contribution is -2.40. The molecule has 0 atom stereocenters. The molecule has 5 nitrogen and oxygen atoms in total. The Morgan fingerprint density at radius 2 is 1.94 bits per heavy atom. The third-order valence-electron chi connectivity index (χ3n) is 3.89. The molecule has 1 saturated carbocycles. The molecule has 0 aromatic rings. The molecule has 2 aliphatic rings.